The van der Waals surface area contributed by atoms with Gasteiger partial charge in [-0.05, 0) is 5.92 Å². The van der Waals surface area contributed by atoms with Gasteiger partial charge in [0.25, 0.3) is 5.24 Å². The fraction of sp³-hybridized carbons (Fsp3) is 0.714. The first kappa shape index (κ1) is 9.38. The summed E-state index contributed by atoms with van der Waals surface area (Å²) in [6, 6.07) is 0. The Kier molecular flexibility index (Phi) is 2.62. The number of nitrogens with zero attached hydrogens (tertiary/aromatic N) is 2. The molecule has 1 aliphatic heterocycles. The molecule has 0 radical (unpaired) electrons. The topological polar surface area (TPSA) is 58.7 Å². The second-order valence-electron chi connectivity index (χ2n) is 3.10. The van der Waals surface area contributed by atoms with Crippen LogP contribution < -0.4 is 5.73 Å². The smallest absolute Gasteiger partial charge is 0.290 e. The van der Waals surface area contributed by atoms with Gasteiger partial charge in [0.05, 0.1) is 0 Å². The van der Waals surface area contributed by atoms with Crippen LogP contribution in [0.25, 0.3) is 0 Å². The average molecular weight is 187 g/mol. The van der Waals surface area contributed by atoms with Crippen molar-refractivity contribution in [2.45, 2.75) is 20.0 Å². The van der Waals surface area contributed by atoms with Crippen LogP contribution in [-0.2, 0) is 0 Å². The molecule has 0 aromatic rings. The van der Waals surface area contributed by atoms with Crippen molar-refractivity contribution in [2.24, 2.45) is 16.6 Å². The predicted octanol–water partition coefficient (Wildman–Crippen LogP) is 1.08. The van der Waals surface area contributed by atoms with Crippen LogP contribution in [0.4, 0.5) is 4.79 Å². The first-order valence-electron chi connectivity index (χ1n) is 3.80. The molecule has 0 aliphatic carbocycles. The quantitative estimate of drug-likeness (QED) is 0.668. The minimum absolute atomic E-state index is 0.0267. The van der Waals surface area contributed by atoms with Crippen LogP contribution in [0.3, 0.4) is 0 Å². The molecular weight excluding hydrogens is 174 g/mol. The number of hydrogen-bond acceptors (Lipinski definition) is 4. The van der Waals surface area contributed by atoms with E-state index >= 15 is 0 Å². The van der Waals surface area contributed by atoms with E-state index < -0.39 is 0 Å². The van der Waals surface area contributed by atoms with Crippen LogP contribution in [-0.4, -0.2) is 28.5 Å². The summed E-state index contributed by atoms with van der Waals surface area (Å²) in [7, 11) is 1.75. The fourth-order valence-corrected chi connectivity index (χ4v) is 1.70. The van der Waals surface area contributed by atoms with Crippen molar-refractivity contribution in [2.75, 3.05) is 7.05 Å². The maximum Gasteiger partial charge on any atom is 0.290 e. The lowest BCUT2D eigenvalue weighted by Crippen LogP contribution is -2.42. The molecule has 1 heterocycles. The molecule has 1 amide bonds. The molecule has 1 aliphatic rings. The molecule has 1 atom stereocenters. The molecule has 12 heavy (non-hydrogen) atoms. The molecule has 0 aromatic heterocycles. The highest BCUT2D eigenvalue weighted by Crippen LogP contribution is 2.22. The second kappa shape index (κ2) is 3.35. The number of rotatable bonds is 1. The largest absolute Gasteiger partial charge is 0.378 e. The van der Waals surface area contributed by atoms with Crippen molar-refractivity contribution in [1.82, 2.24) is 4.90 Å². The monoisotopic (exact) mass is 187 g/mol. The summed E-state index contributed by atoms with van der Waals surface area (Å²) >= 11 is 0.985. The van der Waals surface area contributed by atoms with E-state index in [9.17, 15) is 4.79 Å². The van der Waals surface area contributed by atoms with Gasteiger partial charge in [-0.3, -0.25) is 4.79 Å². The van der Waals surface area contributed by atoms with E-state index in [0.717, 1.165) is 11.8 Å². The van der Waals surface area contributed by atoms with E-state index in [1.807, 2.05) is 13.8 Å². The number of amidine groups is 1. The summed E-state index contributed by atoms with van der Waals surface area (Å²) in [5, 5.41) is 0.345. The Morgan fingerprint density at radius 3 is 2.75 bits per heavy atom. The van der Waals surface area contributed by atoms with Crippen molar-refractivity contribution in [3.05, 3.63) is 0 Å². The SMILES string of the molecule is CC(C)C1N=C(N)SC(=O)N1C. The molecule has 0 aromatic carbocycles. The zero-order valence-electron chi connectivity index (χ0n) is 7.44. The highest BCUT2D eigenvalue weighted by atomic mass is 32.2. The van der Waals surface area contributed by atoms with Crippen LogP contribution in [0, 0.1) is 5.92 Å². The van der Waals surface area contributed by atoms with Crippen LogP contribution in [0.15, 0.2) is 4.99 Å². The third-order valence-corrected chi connectivity index (χ3v) is 2.51. The van der Waals surface area contributed by atoms with E-state index in [1.165, 1.54) is 0 Å². The molecule has 4 nitrogen and oxygen atoms in total. The number of amides is 1. The highest BCUT2D eigenvalue weighted by Gasteiger charge is 2.28. The van der Waals surface area contributed by atoms with E-state index in [0.29, 0.717) is 11.1 Å². The zero-order chi connectivity index (χ0) is 9.30. The summed E-state index contributed by atoms with van der Waals surface area (Å²) in [6.07, 6.45) is -0.0984. The number of carbonyl (C=O) groups is 1. The molecule has 0 fully saturated rings. The van der Waals surface area contributed by atoms with Gasteiger partial charge in [-0.25, -0.2) is 4.99 Å². The lowest BCUT2D eigenvalue weighted by Gasteiger charge is -2.30. The van der Waals surface area contributed by atoms with Gasteiger partial charge >= 0.3 is 0 Å². The van der Waals surface area contributed by atoms with Crippen molar-refractivity contribution in [1.29, 1.82) is 0 Å². The van der Waals surface area contributed by atoms with E-state index in [1.54, 1.807) is 11.9 Å². The molecule has 0 bridgehead atoms. The summed E-state index contributed by atoms with van der Waals surface area (Å²) < 4.78 is 0. The van der Waals surface area contributed by atoms with Crippen LogP contribution in [0.1, 0.15) is 13.8 Å². The number of thioether (sulfide) groups is 1. The molecule has 1 rings (SSSR count). The Bertz CT molecular complexity index is 227. The first-order valence-corrected chi connectivity index (χ1v) is 4.62. The van der Waals surface area contributed by atoms with Gasteiger partial charge in [0.1, 0.15) is 6.17 Å². The lowest BCUT2D eigenvalue weighted by atomic mass is 10.1. The van der Waals surface area contributed by atoms with Crippen molar-refractivity contribution in [3.8, 4) is 0 Å². The van der Waals surface area contributed by atoms with Crippen molar-refractivity contribution >= 4 is 22.2 Å². The van der Waals surface area contributed by atoms with Gasteiger partial charge in [0.15, 0.2) is 5.17 Å². The molecular formula is C7H13N3OS. The van der Waals surface area contributed by atoms with Gasteiger partial charge in [0.2, 0.25) is 0 Å². The minimum Gasteiger partial charge on any atom is -0.378 e. The molecule has 0 saturated carbocycles. The predicted molar refractivity (Wildman–Crippen MR) is 51.0 cm³/mol. The Morgan fingerprint density at radius 1 is 1.67 bits per heavy atom. The Hall–Kier alpha value is -0.710. The standard InChI is InChI=1S/C7H13N3OS/c1-4(2)5-9-6(8)12-7(11)10(5)3/h4-5H,1-3H3,(H2,8,9). The van der Waals surface area contributed by atoms with Gasteiger partial charge in [-0.15, -0.1) is 0 Å². The molecule has 0 spiro atoms. The van der Waals surface area contributed by atoms with Crippen molar-refractivity contribution in [3.63, 3.8) is 0 Å². The molecule has 1 unspecified atom stereocenters. The maximum atomic E-state index is 11.2. The zero-order valence-corrected chi connectivity index (χ0v) is 8.26. The fourth-order valence-electron chi connectivity index (χ4n) is 1.11. The number of hydrogen-bond donors (Lipinski definition) is 1. The number of carbonyl (C=O) groups excluding carboxylic acids is 1. The summed E-state index contributed by atoms with van der Waals surface area (Å²) in [5.74, 6) is 0.304. The Balaban J connectivity index is 2.84. The summed E-state index contributed by atoms with van der Waals surface area (Å²) in [6.45, 7) is 4.03. The normalized spacial score (nSPS) is 24.7. The third kappa shape index (κ3) is 1.72. The minimum atomic E-state index is -0.0984. The van der Waals surface area contributed by atoms with E-state index in [2.05, 4.69) is 4.99 Å². The number of aliphatic imine (C=N–C) groups is 1. The Labute approximate surface area is 76.2 Å². The van der Waals surface area contributed by atoms with Gasteiger partial charge in [-0.1, -0.05) is 13.8 Å². The molecule has 0 saturated heterocycles. The maximum absolute atomic E-state index is 11.2. The lowest BCUT2D eigenvalue weighted by molar-refractivity contribution is 0.199. The van der Waals surface area contributed by atoms with E-state index in [-0.39, 0.29) is 11.4 Å². The third-order valence-electron chi connectivity index (χ3n) is 1.73. The van der Waals surface area contributed by atoms with Gasteiger partial charge in [-0.2, -0.15) is 0 Å². The molecule has 5 heteroatoms. The second-order valence-corrected chi connectivity index (χ2v) is 4.08. The van der Waals surface area contributed by atoms with Gasteiger partial charge < -0.3 is 10.6 Å². The highest BCUT2D eigenvalue weighted by molar-refractivity contribution is 8.26. The Morgan fingerprint density at radius 2 is 2.25 bits per heavy atom. The van der Waals surface area contributed by atoms with E-state index in [4.69, 9.17) is 5.73 Å². The van der Waals surface area contributed by atoms with Crippen LogP contribution in [0.2, 0.25) is 0 Å². The molecule has 2 N–H and O–H groups in total. The number of nitrogens with two attached hydrogens (primary N) is 1. The van der Waals surface area contributed by atoms with Crippen LogP contribution in [0.5, 0.6) is 0 Å². The van der Waals surface area contributed by atoms with Crippen LogP contribution >= 0.6 is 11.8 Å². The van der Waals surface area contributed by atoms with Gasteiger partial charge in [0, 0.05) is 18.8 Å². The average Bonchev–Trinajstić information content (AvgIpc) is 1.96. The molecule has 68 valence electrons. The van der Waals surface area contributed by atoms with Crippen molar-refractivity contribution < 1.29 is 4.79 Å². The summed E-state index contributed by atoms with van der Waals surface area (Å²) in [4.78, 5) is 17.0. The first-order chi connectivity index (χ1) is 5.52. The summed E-state index contributed by atoms with van der Waals surface area (Å²) in [5.41, 5.74) is 5.48.